The van der Waals surface area contributed by atoms with Crippen molar-refractivity contribution in [3.05, 3.63) is 54.3 Å². The van der Waals surface area contributed by atoms with Crippen molar-refractivity contribution >= 4 is 10.1 Å². The second-order valence-electron chi connectivity index (χ2n) is 4.40. The predicted molar refractivity (Wildman–Crippen MR) is 92.0 cm³/mol. The van der Waals surface area contributed by atoms with Crippen molar-refractivity contribution in [2.75, 3.05) is 6.26 Å². The van der Waals surface area contributed by atoms with Crippen LogP contribution >= 0.6 is 0 Å². The molecular formula is C17H28O3S. The van der Waals surface area contributed by atoms with Crippen LogP contribution in [0.3, 0.4) is 0 Å². The van der Waals surface area contributed by atoms with Crippen LogP contribution in [0.4, 0.5) is 0 Å². The molecule has 0 atom stereocenters. The van der Waals surface area contributed by atoms with Crippen LogP contribution in [-0.4, -0.2) is 19.2 Å². The molecule has 0 bridgehead atoms. The van der Waals surface area contributed by atoms with Crippen molar-refractivity contribution in [1.82, 2.24) is 0 Å². The van der Waals surface area contributed by atoms with E-state index < -0.39 is 10.1 Å². The van der Waals surface area contributed by atoms with Gasteiger partial charge in [-0.25, -0.2) is 0 Å². The van der Waals surface area contributed by atoms with Gasteiger partial charge in [0, 0.05) is 0 Å². The molecule has 0 aromatic heterocycles. The predicted octanol–water partition coefficient (Wildman–Crippen LogP) is 4.86. The van der Waals surface area contributed by atoms with Crippen LogP contribution < -0.4 is 0 Å². The summed E-state index contributed by atoms with van der Waals surface area (Å²) in [5, 5.41) is 0. The van der Waals surface area contributed by atoms with Crippen LogP contribution in [0.25, 0.3) is 0 Å². The van der Waals surface area contributed by atoms with Crippen molar-refractivity contribution in [3.8, 4) is 0 Å². The molecule has 0 saturated carbocycles. The molecule has 0 aliphatic rings. The highest BCUT2D eigenvalue weighted by Crippen LogP contribution is 2.02. The fourth-order valence-electron chi connectivity index (χ4n) is 1.26. The quantitative estimate of drug-likeness (QED) is 0.301. The monoisotopic (exact) mass is 312 g/mol. The van der Waals surface area contributed by atoms with Gasteiger partial charge in [-0.2, -0.15) is 8.42 Å². The van der Waals surface area contributed by atoms with E-state index in [4.69, 9.17) is 4.55 Å². The van der Waals surface area contributed by atoms with Gasteiger partial charge < -0.3 is 0 Å². The van der Waals surface area contributed by atoms with Crippen molar-refractivity contribution in [2.24, 2.45) is 0 Å². The fraction of sp³-hybridized carbons (Fsp3) is 0.471. The van der Waals surface area contributed by atoms with Gasteiger partial charge in [0.2, 0.25) is 0 Å². The Kier molecular flexibility index (Phi) is 17.5. The summed E-state index contributed by atoms with van der Waals surface area (Å²) in [6, 6.07) is 0. The summed E-state index contributed by atoms with van der Waals surface area (Å²) >= 11 is 0. The van der Waals surface area contributed by atoms with Crippen LogP contribution in [-0.2, 0) is 10.1 Å². The Bertz CT molecular complexity index is 454. The minimum atomic E-state index is -3.67. The Hall–Kier alpha value is -1.35. The molecule has 0 unspecified atom stereocenters. The van der Waals surface area contributed by atoms with Crippen molar-refractivity contribution in [2.45, 2.75) is 46.0 Å². The van der Waals surface area contributed by atoms with Gasteiger partial charge in [0.15, 0.2) is 0 Å². The largest absolute Gasteiger partial charge is 0.286 e. The smallest absolute Gasteiger partial charge is 0.261 e. The lowest BCUT2D eigenvalue weighted by molar-refractivity contribution is 0.490. The molecule has 0 aliphatic carbocycles. The maximum atomic E-state index is 9.19. The topological polar surface area (TPSA) is 54.4 Å². The fourth-order valence-corrected chi connectivity index (χ4v) is 1.26. The lowest BCUT2D eigenvalue weighted by Crippen LogP contribution is -1.88. The number of hydrogen-bond donors (Lipinski definition) is 1. The number of unbranched alkanes of at least 4 members (excludes halogenated alkanes) is 4. The van der Waals surface area contributed by atoms with Crippen molar-refractivity contribution in [3.63, 3.8) is 0 Å². The van der Waals surface area contributed by atoms with Gasteiger partial charge in [-0.1, -0.05) is 62.6 Å². The van der Waals surface area contributed by atoms with Gasteiger partial charge in [-0.3, -0.25) is 4.55 Å². The highest BCUT2D eigenvalue weighted by molar-refractivity contribution is 7.85. The van der Waals surface area contributed by atoms with Gasteiger partial charge in [-0.05, 0) is 31.9 Å². The third kappa shape index (κ3) is 38.1. The average molecular weight is 312 g/mol. The minimum absolute atomic E-state index is 0.715. The highest BCUT2D eigenvalue weighted by atomic mass is 32.2. The highest BCUT2D eigenvalue weighted by Gasteiger charge is 1.83. The molecule has 0 aliphatic heterocycles. The molecule has 0 aromatic carbocycles. The zero-order valence-corrected chi connectivity index (χ0v) is 14.1. The summed E-state index contributed by atoms with van der Waals surface area (Å²) in [5.74, 6) is 0. The minimum Gasteiger partial charge on any atom is -0.286 e. The molecule has 1 N–H and O–H groups in total. The lowest BCUT2D eigenvalue weighted by Gasteiger charge is -1.92. The molecule has 0 saturated heterocycles. The normalized spacial score (nSPS) is 11.4. The second-order valence-corrected chi connectivity index (χ2v) is 5.87. The summed E-state index contributed by atoms with van der Waals surface area (Å²) in [6.45, 7) is 4.20. The third-order valence-electron chi connectivity index (χ3n) is 2.16. The summed E-state index contributed by atoms with van der Waals surface area (Å²) in [7, 11) is -3.67. The number of hydrogen-bond acceptors (Lipinski definition) is 2. The van der Waals surface area contributed by atoms with E-state index in [1.54, 1.807) is 0 Å². The van der Waals surface area contributed by atoms with Crippen LogP contribution in [0.5, 0.6) is 0 Å². The molecule has 0 spiro atoms. The first-order valence-electron chi connectivity index (χ1n) is 7.19. The van der Waals surface area contributed by atoms with Gasteiger partial charge in [-0.15, -0.1) is 5.73 Å². The van der Waals surface area contributed by atoms with Crippen LogP contribution in [0.1, 0.15) is 46.0 Å². The molecule has 4 heteroatoms. The van der Waals surface area contributed by atoms with Gasteiger partial charge in [0.05, 0.1) is 6.26 Å². The molecule has 0 rings (SSSR count). The summed E-state index contributed by atoms with van der Waals surface area (Å²) in [6.07, 6.45) is 23.5. The Morgan fingerprint density at radius 3 is 2.14 bits per heavy atom. The first kappa shape index (κ1) is 21.9. The Morgan fingerprint density at radius 1 is 1.00 bits per heavy atom. The van der Waals surface area contributed by atoms with Gasteiger partial charge in [0.25, 0.3) is 10.1 Å². The van der Waals surface area contributed by atoms with Gasteiger partial charge >= 0.3 is 0 Å². The molecule has 21 heavy (non-hydrogen) atoms. The second kappa shape index (κ2) is 16.7. The molecule has 0 radical (unpaired) electrons. The lowest BCUT2D eigenvalue weighted by atomic mass is 10.1. The molecule has 0 heterocycles. The van der Waals surface area contributed by atoms with Gasteiger partial charge in [0.1, 0.15) is 0 Å². The summed E-state index contributed by atoms with van der Waals surface area (Å²) in [4.78, 5) is 0. The molecule has 3 nitrogen and oxygen atoms in total. The molecule has 0 amide bonds. The standard InChI is InChI=1S/C16H24.CH4O3S/c1-3-5-7-9-11-13-15-16-14-12-10-8-6-4-2;1-5(2,3)4/h3,7,9,11,13-16H,4,6,8,10,12H2,1-2H3;1H3,(H,2,3,4). The maximum Gasteiger partial charge on any atom is 0.261 e. The summed E-state index contributed by atoms with van der Waals surface area (Å²) in [5.41, 5.74) is 2.99. The molecule has 0 aromatic rings. The molecule has 120 valence electrons. The molecular weight excluding hydrogens is 284 g/mol. The van der Waals surface area contributed by atoms with E-state index in [-0.39, 0.29) is 0 Å². The maximum absolute atomic E-state index is 9.19. The van der Waals surface area contributed by atoms with Crippen molar-refractivity contribution < 1.29 is 13.0 Å². The molecule has 0 fully saturated rings. The average Bonchev–Trinajstić information content (AvgIpc) is 2.38. The zero-order chi connectivity index (χ0) is 16.4. The first-order chi connectivity index (χ1) is 9.91. The van der Waals surface area contributed by atoms with E-state index in [0.29, 0.717) is 6.26 Å². The Balaban J connectivity index is 0. The SMILES string of the molecule is CC=C=CC=CC=CC=CCCCCCC.CS(=O)(=O)O. The Morgan fingerprint density at radius 2 is 1.57 bits per heavy atom. The van der Waals surface area contributed by atoms with Crippen molar-refractivity contribution in [1.29, 1.82) is 0 Å². The van der Waals surface area contributed by atoms with Crippen LogP contribution in [0, 0.1) is 0 Å². The van der Waals surface area contributed by atoms with E-state index in [2.05, 4.69) is 30.9 Å². The Labute approximate surface area is 130 Å². The number of rotatable bonds is 8. The number of allylic oxidation sites excluding steroid dienone is 7. The van der Waals surface area contributed by atoms with E-state index in [9.17, 15) is 8.42 Å². The van der Waals surface area contributed by atoms with E-state index in [1.165, 1.54) is 32.1 Å². The van der Waals surface area contributed by atoms with Crippen LogP contribution in [0.2, 0.25) is 0 Å². The zero-order valence-electron chi connectivity index (χ0n) is 13.3. The van der Waals surface area contributed by atoms with E-state index >= 15 is 0 Å². The third-order valence-corrected chi connectivity index (χ3v) is 2.16. The van der Waals surface area contributed by atoms with E-state index in [1.807, 2.05) is 37.3 Å². The van der Waals surface area contributed by atoms with Crippen LogP contribution in [0.15, 0.2) is 54.3 Å². The first-order valence-corrected chi connectivity index (χ1v) is 9.04. The van der Waals surface area contributed by atoms with E-state index in [0.717, 1.165) is 0 Å². The summed E-state index contributed by atoms with van der Waals surface area (Å²) < 4.78 is 25.9.